The van der Waals surface area contributed by atoms with Gasteiger partial charge in [0.2, 0.25) is 10.0 Å². The topological polar surface area (TPSA) is 83.9 Å². The summed E-state index contributed by atoms with van der Waals surface area (Å²) in [6, 6.07) is 4.57. The fourth-order valence-corrected chi connectivity index (χ4v) is 3.04. The molecule has 0 amide bonds. The van der Waals surface area contributed by atoms with Gasteiger partial charge in [0.15, 0.2) is 0 Å². The molecular weight excluding hydrogens is 336 g/mol. The third kappa shape index (κ3) is 2.15. The molecule has 0 aliphatic heterocycles. The molecule has 0 saturated heterocycles. The van der Waals surface area contributed by atoms with Crippen LogP contribution in [0.3, 0.4) is 0 Å². The minimum absolute atomic E-state index is 0.0524. The molecule has 0 aliphatic rings. The Bertz CT molecular complexity index is 519. The smallest absolute Gasteiger partial charge is 0.225 e. The van der Waals surface area contributed by atoms with Crippen molar-refractivity contribution in [3.8, 4) is 6.07 Å². The molecule has 1 aromatic carbocycles. The molecule has 0 radical (unpaired) electrons. The van der Waals surface area contributed by atoms with Gasteiger partial charge in [0.05, 0.1) is 19.4 Å². The van der Waals surface area contributed by atoms with Crippen LogP contribution in [-0.2, 0) is 10.0 Å². The molecule has 4 nitrogen and oxygen atoms in total. The van der Waals surface area contributed by atoms with Crippen LogP contribution in [0.2, 0.25) is 0 Å². The van der Waals surface area contributed by atoms with Crippen molar-refractivity contribution in [2.45, 2.75) is 4.90 Å². The number of sulfonamides is 1. The number of primary sulfonamides is 1. The van der Waals surface area contributed by atoms with Crippen LogP contribution < -0.4 is 5.14 Å². The van der Waals surface area contributed by atoms with Gasteiger partial charge in [-0.3, -0.25) is 0 Å². The van der Waals surface area contributed by atoms with Crippen molar-refractivity contribution in [3.05, 3.63) is 26.6 Å². The van der Waals surface area contributed by atoms with Gasteiger partial charge in [-0.2, -0.15) is 5.26 Å². The first-order valence-electron chi connectivity index (χ1n) is 3.29. The Morgan fingerprint density at radius 3 is 2.29 bits per heavy atom. The van der Waals surface area contributed by atoms with Crippen LogP contribution in [0.4, 0.5) is 0 Å². The number of benzene rings is 1. The van der Waals surface area contributed by atoms with Gasteiger partial charge in [0.1, 0.15) is 6.07 Å². The Balaban J connectivity index is 3.57. The van der Waals surface area contributed by atoms with Crippen LogP contribution in [0.1, 0.15) is 5.56 Å². The molecule has 0 fully saturated rings. The van der Waals surface area contributed by atoms with E-state index in [0.717, 1.165) is 0 Å². The monoisotopic (exact) mass is 338 g/mol. The highest BCUT2D eigenvalue weighted by molar-refractivity contribution is 9.13. The standard InChI is InChI=1S/C7H4Br2N2O2S/c8-6-4(3-10)1-2-5(7(6)9)14(11,12)13/h1-2H,(H2,11,12,13). The fourth-order valence-electron chi connectivity index (χ4n) is 0.838. The van der Waals surface area contributed by atoms with E-state index in [4.69, 9.17) is 10.4 Å². The van der Waals surface area contributed by atoms with E-state index in [2.05, 4.69) is 31.9 Å². The average Bonchev–Trinajstić information content (AvgIpc) is 2.07. The Labute approximate surface area is 98.0 Å². The Hall–Kier alpha value is -0.420. The van der Waals surface area contributed by atoms with Crippen LogP contribution in [-0.4, -0.2) is 8.42 Å². The lowest BCUT2D eigenvalue weighted by atomic mass is 10.2. The summed E-state index contributed by atoms with van der Waals surface area (Å²) in [5.74, 6) is 0. The summed E-state index contributed by atoms with van der Waals surface area (Å²) < 4.78 is 22.7. The van der Waals surface area contributed by atoms with Crippen molar-refractivity contribution in [2.24, 2.45) is 5.14 Å². The van der Waals surface area contributed by atoms with Gasteiger partial charge in [-0.15, -0.1) is 0 Å². The summed E-state index contributed by atoms with van der Waals surface area (Å²) in [5, 5.41) is 13.6. The normalized spacial score (nSPS) is 11.0. The van der Waals surface area contributed by atoms with Crippen LogP contribution in [0.25, 0.3) is 0 Å². The van der Waals surface area contributed by atoms with Crippen LogP contribution >= 0.6 is 31.9 Å². The number of hydrogen-bond donors (Lipinski definition) is 1. The summed E-state index contributed by atoms with van der Waals surface area (Å²) in [4.78, 5) is -0.0524. The predicted octanol–water partition coefficient (Wildman–Crippen LogP) is 1.73. The molecular formula is C7H4Br2N2O2S. The quantitative estimate of drug-likeness (QED) is 0.845. The Morgan fingerprint density at radius 1 is 1.29 bits per heavy atom. The summed E-state index contributed by atoms with van der Waals surface area (Å²) in [6.07, 6.45) is 0. The average molecular weight is 340 g/mol. The highest BCUT2D eigenvalue weighted by Crippen LogP contribution is 2.31. The number of hydrogen-bond acceptors (Lipinski definition) is 3. The van der Waals surface area contributed by atoms with Crippen molar-refractivity contribution >= 4 is 41.9 Å². The SMILES string of the molecule is N#Cc1ccc(S(N)(=O)=O)c(Br)c1Br. The van der Waals surface area contributed by atoms with Gasteiger partial charge in [0, 0.05) is 0 Å². The van der Waals surface area contributed by atoms with Crippen molar-refractivity contribution in [3.63, 3.8) is 0 Å². The third-order valence-corrected chi connectivity index (χ3v) is 4.87. The van der Waals surface area contributed by atoms with E-state index < -0.39 is 10.0 Å². The Morgan fingerprint density at radius 2 is 1.86 bits per heavy atom. The molecule has 74 valence electrons. The van der Waals surface area contributed by atoms with E-state index in [1.807, 2.05) is 6.07 Å². The van der Waals surface area contributed by atoms with Crippen molar-refractivity contribution < 1.29 is 8.42 Å². The van der Waals surface area contributed by atoms with Gasteiger partial charge >= 0.3 is 0 Å². The molecule has 14 heavy (non-hydrogen) atoms. The summed E-state index contributed by atoms with van der Waals surface area (Å²) >= 11 is 6.14. The molecule has 1 aromatic rings. The molecule has 0 spiro atoms. The van der Waals surface area contributed by atoms with E-state index in [9.17, 15) is 8.42 Å². The van der Waals surface area contributed by atoms with E-state index >= 15 is 0 Å². The molecule has 0 saturated carbocycles. The van der Waals surface area contributed by atoms with Crippen molar-refractivity contribution in [1.29, 1.82) is 5.26 Å². The van der Waals surface area contributed by atoms with Crippen molar-refractivity contribution in [1.82, 2.24) is 0 Å². The molecule has 1 rings (SSSR count). The zero-order chi connectivity index (χ0) is 10.9. The lowest BCUT2D eigenvalue weighted by molar-refractivity contribution is 0.597. The Kier molecular flexibility index (Phi) is 3.32. The van der Waals surface area contributed by atoms with E-state index in [1.165, 1.54) is 12.1 Å². The fraction of sp³-hybridized carbons (Fsp3) is 0. The van der Waals surface area contributed by atoms with Gasteiger partial charge in [-0.05, 0) is 44.0 Å². The van der Waals surface area contributed by atoms with Crippen LogP contribution in [0.5, 0.6) is 0 Å². The van der Waals surface area contributed by atoms with Crippen LogP contribution in [0.15, 0.2) is 26.0 Å². The first kappa shape index (κ1) is 11.7. The molecule has 0 aliphatic carbocycles. The summed E-state index contributed by atoms with van der Waals surface area (Å²) in [6.45, 7) is 0. The second-order valence-electron chi connectivity index (χ2n) is 2.40. The molecule has 0 bridgehead atoms. The highest BCUT2D eigenvalue weighted by Gasteiger charge is 2.16. The zero-order valence-electron chi connectivity index (χ0n) is 6.66. The van der Waals surface area contributed by atoms with Gasteiger partial charge in [-0.25, -0.2) is 13.6 Å². The number of nitrogens with zero attached hydrogens (tertiary/aromatic N) is 1. The minimum atomic E-state index is -3.77. The first-order valence-corrected chi connectivity index (χ1v) is 6.42. The summed E-state index contributed by atoms with van der Waals surface area (Å²) in [7, 11) is -3.77. The van der Waals surface area contributed by atoms with E-state index in [0.29, 0.717) is 10.0 Å². The molecule has 0 atom stereocenters. The van der Waals surface area contributed by atoms with Crippen LogP contribution in [0, 0.1) is 11.3 Å². The molecule has 2 N–H and O–H groups in total. The van der Waals surface area contributed by atoms with Gasteiger partial charge in [0.25, 0.3) is 0 Å². The molecule has 0 unspecified atom stereocenters. The molecule has 0 heterocycles. The highest BCUT2D eigenvalue weighted by atomic mass is 79.9. The van der Waals surface area contributed by atoms with Gasteiger partial charge < -0.3 is 0 Å². The van der Waals surface area contributed by atoms with Gasteiger partial charge in [-0.1, -0.05) is 0 Å². The van der Waals surface area contributed by atoms with Crippen molar-refractivity contribution in [2.75, 3.05) is 0 Å². The predicted molar refractivity (Wildman–Crippen MR) is 57.9 cm³/mol. The van der Waals surface area contributed by atoms with E-state index in [-0.39, 0.29) is 9.37 Å². The maximum absolute atomic E-state index is 11.0. The molecule has 7 heteroatoms. The summed E-state index contributed by atoms with van der Waals surface area (Å²) in [5.41, 5.74) is 0.337. The number of nitriles is 1. The lowest BCUT2D eigenvalue weighted by Gasteiger charge is -2.04. The first-order chi connectivity index (χ1) is 6.38. The second kappa shape index (κ2) is 3.98. The zero-order valence-corrected chi connectivity index (χ0v) is 10.6. The third-order valence-electron chi connectivity index (χ3n) is 1.47. The maximum atomic E-state index is 11.0. The molecule has 0 aromatic heterocycles. The van der Waals surface area contributed by atoms with E-state index in [1.54, 1.807) is 0 Å². The number of nitrogens with two attached hydrogens (primary N) is 1. The number of rotatable bonds is 1. The second-order valence-corrected chi connectivity index (χ2v) is 5.51. The lowest BCUT2D eigenvalue weighted by Crippen LogP contribution is -2.13. The largest absolute Gasteiger partial charge is 0.239 e. The minimum Gasteiger partial charge on any atom is -0.225 e. The number of halogens is 2. The maximum Gasteiger partial charge on any atom is 0.239 e.